The maximum Gasteiger partial charge on any atom is 0.110 e. The van der Waals surface area contributed by atoms with Gasteiger partial charge in [0.1, 0.15) is 5.76 Å². The van der Waals surface area contributed by atoms with Crippen molar-refractivity contribution < 1.29 is 4.74 Å². The van der Waals surface area contributed by atoms with Crippen LogP contribution in [0, 0.1) is 0 Å². The van der Waals surface area contributed by atoms with Crippen molar-refractivity contribution in [2.75, 3.05) is 6.61 Å². The molecule has 0 aromatic rings. The maximum atomic E-state index is 5.59. The minimum atomic E-state index is 0.229. The third-order valence-electron chi connectivity index (χ3n) is 3.87. The summed E-state index contributed by atoms with van der Waals surface area (Å²) in [5.74, 6) is 6.65. The highest BCUT2D eigenvalue weighted by Crippen LogP contribution is 2.18. The minimum absolute atomic E-state index is 0.229. The van der Waals surface area contributed by atoms with E-state index in [0.29, 0.717) is 0 Å². The zero-order chi connectivity index (χ0) is 13.8. The number of hydrogen-bond acceptors (Lipinski definition) is 3. The van der Waals surface area contributed by atoms with E-state index in [1.54, 1.807) is 0 Å². The topological polar surface area (TPSA) is 47.3 Å². The summed E-state index contributed by atoms with van der Waals surface area (Å²) in [6, 6.07) is 0.229. The summed E-state index contributed by atoms with van der Waals surface area (Å²) in [4.78, 5) is 0. The Morgan fingerprint density at radius 2 is 1.74 bits per heavy atom. The summed E-state index contributed by atoms with van der Waals surface area (Å²) >= 11 is 0. The number of nitrogens with one attached hydrogen (secondary N) is 1. The molecule has 0 aliphatic carbocycles. The van der Waals surface area contributed by atoms with Crippen molar-refractivity contribution >= 4 is 0 Å². The fourth-order valence-electron chi connectivity index (χ4n) is 2.65. The van der Waals surface area contributed by atoms with Gasteiger partial charge in [-0.25, -0.2) is 5.43 Å². The lowest BCUT2D eigenvalue weighted by atomic mass is 10.0. The lowest BCUT2D eigenvalue weighted by Gasteiger charge is -2.16. The lowest BCUT2D eigenvalue weighted by Crippen LogP contribution is -2.36. The third-order valence-corrected chi connectivity index (χ3v) is 3.87. The van der Waals surface area contributed by atoms with Gasteiger partial charge in [0.05, 0.1) is 12.6 Å². The summed E-state index contributed by atoms with van der Waals surface area (Å²) < 4.78 is 5.56. The first kappa shape index (κ1) is 16.5. The van der Waals surface area contributed by atoms with E-state index in [-0.39, 0.29) is 6.04 Å². The Morgan fingerprint density at radius 3 is 2.26 bits per heavy atom. The quantitative estimate of drug-likeness (QED) is 0.319. The normalized spacial score (nSPS) is 16.2. The Morgan fingerprint density at radius 1 is 1.11 bits per heavy atom. The van der Waals surface area contributed by atoms with Gasteiger partial charge in [0, 0.05) is 6.42 Å². The van der Waals surface area contributed by atoms with Crippen molar-refractivity contribution in [2.45, 2.75) is 83.6 Å². The molecule has 0 spiro atoms. The Bertz CT molecular complexity index is 241. The standard InChI is InChI=1S/C16H32N2O/c1-2-3-4-5-6-7-8-9-10-12-15(18-17)16-13-11-14-19-16/h13,15,18H,2-12,14,17H2,1H3. The van der Waals surface area contributed by atoms with Crippen LogP contribution in [0.15, 0.2) is 11.8 Å². The van der Waals surface area contributed by atoms with Crippen LogP contribution in [0.25, 0.3) is 0 Å². The van der Waals surface area contributed by atoms with Crippen molar-refractivity contribution in [3.8, 4) is 0 Å². The first-order valence-electron chi connectivity index (χ1n) is 8.17. The minimum Gasteiger partial charge on any atom is -0.496 e. The molecule has 0 amide bonds. The molecule has 0 saturated carbocycles. The van der Waals surface area contributed by atoms with E-state index in [1.807, 2.05) is 0 Å². The summed E-state index contributed by atoms with van der Waals surface area (Å²) in [5, 5.41) is 0. The average molecular weight is 268 g/mol. The molecule has 1 unspecified atom stereocenters. The van der Waals surface area contributed by atoms with E-state index in [0.717, 1.165) is 25.2 Å². The van der Waals surface area contributed by atoms with Crippen molar-refractivity contribution in [2.24, 2.45) is 5.84 Å². The molecule has 112 valence electrons. The average Bonchev–Trinajstić information content (AvgIpc) is 2.95. The fraction of sp³-hybridized carbons (Fsp3) is 0.875. The second-order valence-electron chi connectivity index (χ2n) is 5.58. The molecule has 3 nitrogen and oxygen atoms in total. The van der Waals surface area contributed by atoms with Crippen LogP contribution in [0.4, 0.5) is 0 Å². The van der Waals surface area contributed by atoms with Gasteiger partial charge < -0.3 is 4.74 Å². The van der Waals surface area contributed by atoms with Crippen LogP contribution in [-0.2, 0) is 4.74 Å². The van der Waals surface area contributed by atoms with Crippen LogP contribution in [-0.4, -0.2) is 12.6 Å². The van der Waals surface area contributed by atoms with E-state index in [4.69, 9.17) is 10.6 Å². The molecular weight excluding hydrogens is 236 g/mol. The van der Waals surface area contributed by atoms with Gasteiger partial charge >= 0.3 is 0 Å². The highest BCUT2D eigenvalue weighted by molar-refractivity contribution is 5.06. The Balaban J connectivity index is 1.91. The van der Waals surface area contributed by atoms with E-state index >= 15 is 0 Å². The fourth-order valence-corrected chi connectivity index (χ4v) is 2.65. The first-order valence-corrected chi connectivity index (χ1v) is 8.17. The number of rotatable bonds is 12. The van der Waals surface area contributed by atoms with Crippen LogP contribution in [0.5, 0.6) is 0 Å². The number of nitrogens with two attached hydrogens (primary N) is 1. The SMILES string of the molecule is CCCCCCCCCCCC(NN)C1=CCCO1. The summed E-state index contributed by atoms with van der Waals surface area (Å²) in [5.41, 5.74) is 2.88. The van der Waals surface area contributed by atoms with Gasteiger partial charge in [-0.15, -0.1) is 0 Å². The largest absolute Gasteiger partial charge is 0.496 e. The molecule has 1 rings (SSSR count). The molecule has 3 N–H and O–H groups in total. The number of unbranched alkanes of at least 4 members (excludes halogenated alkanes) is 8. The van der Waals surface area contributed by atoms with Gasteiger partial charge in [0.15, 0.2) is 0 Å². The van der Waals surface area contributed by atoms with Gasteiger partial charge in [-0.2, -0.15) is 0 Å². The van der Waals surface area contributed by atoms with Crippen molar-refractivity contribution in [1.29, 1.82) is 0 Å². The van der Waals surface area contributed by atoms with Crippen molar-refractivity contribution in [1.82, 2.24) is 5.43 Å². The molecule has 1 atom stereocenters. The predicted octanol–water partition coefficient (Wildman–Crippen LogP) is 4.04. The molecule has 1 aliphatic rings. The molecule has 0 saturated heterocycles. The molecular formula is C16H32N2O. The van der Waals surface area contributed by atoms with Crippen LogP contribution in [0.1, 0.15) is 77.6 Å². The summed E-state index contributed by atoms with van der Waals surface area (Å²) in [7, 11) is 0. The van der Waals surface area contributed by atoms with Crippen LogP contribution < -0.4 is 11.3 Å². The maximum absolute atomic E-state index is 5.59. The predicted molar refractivity (Wildman–Crippen MR) is 81.6 cm³/mol. The van der Waals surface area contributed by atoms with Gasteiger partial charge in [-0.05, 0) is 12.5 Å². The Kier molecular flexibility index (Phi) is 9.82. The van der Waals surface area contributed by atoms with Gasteiger partial charge in [-0.1, -0.05) is 64.7 Å². The number of hydrazine groups is 1. The molecule has 0 aromatic heterocycles. The Labute approximate surface area is 118 Å². The molecule has 0 fully saturated rings. The Hall–Kier alpha value is -0.540. The highest BCUT2D eigenvalue weighted by Gasteiger charge is 2.16. The second-order valence-corrected chi connectivity index (χ2v) is 5.58. The summed E-state index contributed by atoms with van der Waals surface area (Å²) in [6.45, 7) is 3.09. The molecule has 19 heavy (non-hydrogen) atoms. The monoisotopic (exact) mass is 268 g/mol. The lowest BCUT2D eigenvalue weighted by molar-refractivity contribution is 0.210. The van der Waals surface area contributed by atoms with Gasteiger partial charge in [0.2, 0.25) is 0 Å². The zero-order valence-corrected chi connectivity index (χ0v) is 12.6. The molecule has 1 heterocycles. The van der Waals surface area contributed by atoms with Crippen molar-refractivity contribution in [3.05, 3.63) is 11.8 Å². The van der Waals surface area contributed by atoms with E-state index < -0.39 is 0 Å². The van der Waals surface area contributed by atoms with Crippen LogP contribution in [0.2, 0.25) is 0 Å². The summed E-state index contributed by atoms with van der Waals surface area (Å²) in [6.07, 6.45) is 16.6. The van der Waals surface area contributed by atoms with E-state index in [2.05, 4.69) is 18.4 Å². The van der Waals surface area contributed by atoms with E-state index in [1.165, 1.54) is 57.8 Å². The second kappa shape index (κ2) is 11.3. The molecule has 1 aliphatic heterocycles. The van der Waals surface area contributed by atoms with Crippen LogP contribution in [0.3, 0.4) is 0 Å². The van der Waals surface area contributed by atoms with Gasteiger partial charge in [-0.3, -0.25) is 5.84 Å². The van der Waals surface area contributed by atoms with Gasteiger partial charge in [0.25, 0.3) is 0 Å². The van der Waals surface area contributed by atoms with Crippen LogP contribution >= 0.6 is 0 Å². The smallest absolute Gasteiger partial charge is 0.110 e. The highest BCUT2D eigenvalue weighted by atomic mass is 16.5. The molecule has 3 heteroatoms. The molecule has 0 aromatic carbocycles. The number of hydrogen-bond donors (Lipinski definition) is 2. The molecule has 0 radical (unpaired) electrons. The number of ether oxygens (including phenoxy) is 1. The molecule has 0 bridgehead atoms. The van der Waals surface area contributed by atoms with Crippen molar-refractivity contribution in [3.63, 3.8) is 0 Å². The first-order chi connectivity index (χ1) is 9.38. The van der Waals surface area contributed by atoms with E-state index in [9.17, 15) is 0 Å². The zero-order valence-electron chi connectivity index (χ0n) is 12.6. The third kappa shape index (κ3) is 7.58.